The first-order valence-corrected chi connectivity index (χ1v) is 8.69. The van der Waals surface area contributed by atoms with Gasteiger partial charge >= 0.3 is 0 Å². The summed E-state index contributed by atoms with van der Waals surface area (Å²) >= 11 is 0. The normalized spacial score (nSPS) is 26.1. The number of amides is 1. The standard InChI is InChI=1S/C12H20N4O5S/c1-22(20,21)14-9-12(19)3-6-15(7-10(12)17)11(18)8-16-5-2-4-13-16/h2,4-5,10,14,17,19H,3,6-9H2,1H3/t10-,12-/m1/s1. The Balaban J connectivity index is 1.92. The minimum atomic E-state index is -3.46. The first-order valence-electron chi connectivity index (χ1n) is 6.80. The van der Waals surface area contributed by atoms with Crippen LogP contribution in [0, 0.1) is 0 Å². The summed E-state index contributed by atoms with van der Waals surface area (Å²) < 4.78 is 25.9. The number of hydrogen-bond donors (Lipinski definition) is 3. The van der Waals surface area contributed by atoms with E-state index >= 15 is 0 Å². The first-order chi connectivity index (χ1) is 10.2. The molecule has 124 valence electrons. The lowest BCUT2D eigenvalue weighted by Gasteiger charge is -2.42. The van der Waals surface area contributed by atoms with Crippen molar-refractivity contribution < 1.29 is 23.4 Å². The third-order valence-corrected chi connectivity index (χ3v) is 4.35. The van der Waals surface area contributed by atoms with Gasteiger partial charge in [-0.1, -0.05) is 0 Å². The average molecular weight is 332 g/mol. The maximum absolute atomic E-state index is 12.1. The number of aromatic nitrogens is 2. The summed E-state index contributed by atoms with van der Waals surface area (Å²) in [5, 5.41) is 24.3. The third kappa shape index (κ3) is 4.26. The van der Waals surface area contributed by atoms with Gasteiger partial charge in [0, 0.05) is 32.0 Å². The van der Waals surface area contributed by atoms with Gasteiger partial charge in [0.05, 0.1) is 6.26 Å². The molecule has 0 saturated carbocycles. The summed E-state index contributed by atoms with van der Waals surface area (Å²) in [7, 11) is -3.46. The van der Waals surface area contributed by atoms with Gasteiger partial charge in [-0.3, -0.25) is 9.48 Å². The molecule has 1 aromatic rings. The highest BCUT2D eigenvalue weighted by Crippen LogP contribution is 2.22. The summed E-state index contributed by atoms with van der Waals surface area (Å²) in [4.78, 5) is 13.5. The lowest BCUT2D eigenvalue weighted by Crippen LogP contribution is -2.61. The van der Waals surface area contributed by atoms with Gasteiger partial charge in [0.1, 0.15) is 18.2 Å². The Morgan fingerprint density at radius 1 is 1.55 bits per heavy atom. The fourth-order valence-electron chi connectivity index (χ4n) is 2.29. The molecule has 1 saturated heterocycles. The zero-order valence-corrected chi connectivity index (χ0v) is 13.0. The van der Waals surface area contributed by atoms with Gasteiger partial charge in [0.15, 0.2) is 0 Å². The van der Waals surface area contributed by atoms with Crippen LogP contribution in [0.5, 0.6) is 0 Å². The summed E-state index contributed by atoms with van der Waals surface area (Å²) in [5.74, 6) is -0.221. The number of β-amino-alcohol motifs (C(OH)–C–C–N with tert-alkyl or cyclic N) is 1. The van der Waals surface area contributed by atoms with E-state index in [-0.39, 0.29) is 38.5 Å². The van der Waals surface area contributed by atoms with Crippen LogP contribution in [0.15, 0.2) is 18.5 Å². The highest BCUT2D eigenvalue weighted by molar-refractivity contribution is 7.88. The van der Waals surface area contributed by atoms with Gasteiger partial charge in [-0.05, 0) is 12.5 Å². The number of nitrogens with zero attached hydrogens (tertiary/aromatic N) is 3. The van der Waals surface area contributed by atoms with Gasteiger partial charge < -0.3 is 15.1 Å². The van der Waals surface area contributed by atoms with Crippen LogP contribution in [-0.2, 0) is 21.4 Å². The molecule has 0 spiro atoms. The number of likely N-dealkylation sites (tertiary alicyclic amines) is 1. The van der Waals surface area contributed by atoms with E-state index in [1.165, 1.54) is 9.58 Å². The number of carbonyl (C=O) groups is 1. The molecule has 0 aromatic carbocycles. The molecule has 0 aliphatic carbocycles. The van der Waals surface area contributed by atoms with Crippen LogP contribution in [0.4, 0.5) is 0 Å². The first kappa shape index (κ1) is 16.9. The van der Waals surface area contributed by atoms with Gasteiger partial charge in [0.2, 0.25) is 15.9 Å². The predicted molar refractivity (Wildman–Crippen MR) is 77.2 cm³/mol. The lowest BCUT2D eigenvalue weighted by molar-refractivity contribution is -0.148. The van der Waals surface area contributed by atoms with Crippen LogP contribution in [0.2, 0.25) is 0 Å². The van der Waals surface area contributed by atoms with Gasteiger partial charge in [0.25, 0.3) is 0 Å². The molecule has 9 nitrogen and oxygen atoms in total. The molecule has 2 heterocycles. The Bertz CT molecular complexity index is 617. The topological polar surface area (TPSA) is 125 Å². The summed E-state index contributed by atoms with van der Waals surface area (Å²) in [6.45, 7) is -0.0466. The van der Waals surface area contributed by atoms with E-state index in [0.717, 1.165) is 6.26 Å². The smallest absolute Gasteiger partial charge is 0.244 e. The number of sulfonamides is 1. The average Bonchev–Trinajstić information content (AvgIpc) is 2.92. The quantitative estimate of drug-likeness (QED) is 0.560. The van der Waals surface area contributed by atoms with Gasteiger partial charge in [-0.2, -0.15) is 5.10 Å². The van der Waals surface area contributed by atoms with Gasteiger partial charge in [-0.15, -0.1) is 0 Å². The summed E-state index contributed by atoms with van der Waals surface area (Å²) in [6, 6.07) is 1.70. The molecule has 22 heavy (non-hydrogen) atoms. The molecule has 1 aliphatic heterocycles. The van der Waals surface area contributed by atoms with Crippen molar-refractivity contribution in [1.82, 2.24) is 19.4 Å². The number of rotatable bonds is 5. The van der Waals surface area contributed by atoms with Crippen molar-refractivity contribution in [2.45, 2.75) is 24.7 Å². The van der Waals surface area contributed by atoms with E-state index < -0.39 is 21.7 Å². The zero-order valence-electron chi connectivity index (χ0n) is 12.2. The lowest BCUT2D eigenvalue weighted by atomic mass is 9.88. The van der Waals surface area contributed by atoms with Crippen LogP contribution in [-0.4, -0.2) is 76.8 Å². The molecule has 1 aliphatic rings. The fraction of sp³-hybridized carbons (Fsp3) is 0.667. The zero-order chi connectivity index (χ0) is 16.4. The minimum Gasteiger partial charge on any atom is -0.388 e. The Hall–Kier alpha value is -1.49. The van der Waals surface area contributed by atoms with Crippen molar-refractivity contribution in [3.63, 3.8) is 0 Å². The second-order valence-electron chi connectivity index (χ2n) is 5.51. The Labute approximate surface area is 128 Å². The van der Waals surface area contributed by atoms with E-state index in [1.807, 2.05) is 0 Å². The van der Waals surface area contributed by atoms with E-state index in [4.69, 9.17) is 0 Å². The van der Waals surface area contributed by atoms with Gasteiger partial charge in [-0.25, -0.2) is 13.1 Å². The SMILES string of the molecule is CS(=O)(=O)NC[C@]1(O)CCN(C(=O)Cn2cccn2)C[C@H]1O. The molecule has 1 aromatic heterocycles. The predicted octanol–water partition coefficient (Wildman–Crippen LogP) is -2.24. The number of aliphatic hydroxyl groups is 2. The van der Waals surface area contributed by atoms with Crippen LogP contribution in [0.3, 0.4) is 0 Å². The van der Waals surface area contributed by atoms with Crippen LogP contribution >= 0.6 is 0 Å². The maximum Gasteiger partial charge on any atom is 0.244 e. The largest absolute Gasteiger partial charge is 0.388 e. The van der Waals surface area contributed by atoms with Crippen LogP contribution in [0.1, 0.15) is 6.42 Å². The number of hydrogen-bond acceptors (Lipinski definition) is 6. The molecule has 10 heteroatoms. The minimum absolute atomic E-state index is 0.0535. The van der Waals surface area contributed by atoms with Crippen molar-refractivity contribution in [2.24, 2.45) is 0 Å². The second-order valence-corrected chi connectivity index (χ2v) is 7.34. The van der Waals surface area contributed by atoms with E-state index in [0.29, 0.717) is 0 Å². The highest BCUT2D eigenvalue weighted by atomic mass is 32.2. The maximum atomic E-state index is 12.1. The highest BCUT2D eigenvalue weighted by Gasteiger charge is 2.42. The Morgan fingerprint density at radius 2 is 2.27 bits per heavy atom. The molecule has 2 rings (SSSR count). The molecule has 0 unspecified atom stereocenters. The number of aliphatic hydroxyl groups excluding tert-OH is 1. The number of carbonyl (C=O) groups excluding carboxylic acids is 1. The number of piperidine rings is 1. The molecular weight excluding hydrogens is 312 g/mol. The molecule has 1 amide bonds. The van der Waals surface area contributed by atoms with E-state index in [1.54, 1.807) is 18.5 Å². The van der Waals surface area contributed by atoms with Crippen LogP contribution < -0.4 is 4.72 Å². The number of nitrogens with one attached hydrogen (secondary N) is 1. The third-order valence-electron chi connectivity index (χ3n) is 3.68. The monoisotopic (exact) mass is 332 g/mol. The van der Waals surface area contributed by atoms with Crippen molar-refractivity contribution in [2.75, 3.05) is 25.9 Å². The van der Waals surface area contributed by atoms with Crippen molar-refractivity contribution in [3.05, 3.63) is 18.5 Å². The van der Waals surface area contributed by atoms with Crippen molar-refractivity contribution >= 4 is 15.9 Å². The molecule has 1 fully saturated rings. The fourth-order valence-corrected chi connectivity index (χ4v) is 2.80. The molecule has 0 bridgehead atoms. The molecular formula is C12H20N4O5S. The Morgan fingerprint density at radius 3 is 2.82 bits per heavy atom. The molecule has 0 radical (unpaired) electrons. The van der Waals surface area contributed by atoms with Crippen molar-refractivity contribution in [3.8, 4) is 0 Å². The van der Waals surface area contributed by atoms with E-state index in [9.17, 15) is 23.4 Å². The molecule has 2 atom stereocenters. The van der Waals surface area contributed by atoms with E-state index in [2.05, 4.69) is 9.82 Å². The van der Waals surface area contributed by atoms with Crippen molar-refractivity contribution in [1.29, 1.82) is 0 Å². The second kappa shape index (κ2) is 6.32. The molecule has 3 N–H and O–H groups in total. The van der Waals surface area contributed by atoms with Crippen LogP contribution in [0.25, 0.3) is 0 Å². The summed E-state index contributed by atoms with van der Waals surface area (Å²) in [5.41, 5.74) is -1.58. The summed E-state index contributed by atoms with van der Waals surface area (Å²) in [6.07, 6.45) is 3.06. The Kier molecular flexibility index (Phi) is 4.85.